The Bertz CT molecular complexity index is 620. The van der Waals surface area contributed by atoms with Gasteiger partial charge in [-0.2, -0.15) is 0 Å². The smallest absolute Gasteiger partial charge is 0.194 e. The third-order valence-corrected chi connectivity index (χ3v) is 5.57. The molecule has 5 nitrogen and oxygen atoms in total. The molecule has 0 amide bonds. The number of benzene rings is 1. The van der Waals surface area contributed by atoms with E-state index in [0.717, 1.165) is 65.0 Å². The van der Waals surface area contributed by atoms with E-state index in [1.165, 1.54) is 11.1 Å². The van der Waals surface area contributed by atoms with Crippen molar-refractivity contribution in [3.8, 4) is 0 Å². The number of nitrogens with zero attached hydrogens (tertiary/aromatic N) is 3. The molecule has 2 heterocycles. The van der Waals surface area contributed by atoms with Crippen molar-refractivity contribution in [3.63, 3.8) is 0 Å². The molecule has 0 radical (unpaired) electrons. The molecule has 2 aliphatic heterocycles. The second kappa shape index (κ2) is 10.8. The zero-order valence-electron chi connectivity index (χ0n) is 17.9. The van der Waals surface area contributed by atoms with Crippen LogP contribution < -0.4 is 5.32 Å². The summed E-state index contributed by atoms with van der Waals surface area (Å²) >= 11 is 0. The largest absolute Gasteiger partial charge is 0.380 e. The summed E-state index contributed by atoms with van der Waals surface area (Å²) in [4.78, 5) is 9.85. The molecule has 1 aromatic carbocycles. The first-order valence-corrected chi connectivity index (χ1v) is 10.4. The summed E-state index contributed by atoms with van der Waals surface area (Å²) in [5, 5.41) is 3.47. The second-order valence-electron chi connectivity index (χ2n) is 8.63. The number of hydrogen-bond donors (Lipinski definition) is 1. The zero-order chi connectivity index (χ0) is 19.3. The van der Waals surface area contributed by atoms with E-state index in [2.05, 4.69) is 67.1 Å². The number of hydrogen-bond acceptors (Lipinski definition) is 3. The first-order valence-electron chi connectivity index (χ1n) is 10.4. The highest BCUT2D eigenvalue weighted by atomic mass is 127. The van der Waals surface area contributed by atoms with E-state index in [1.54, 1.807) is 0 Å². The Hall–Kier alpha value is -0.860. The maximum atomic E-state index is 5.36. The predicted octanol–water partition coefficient (Wildman–Crippen LogP) is 3.55. The van der Waals surface area contributed by atoms with Crippen LogP contribution in [0.2, 0.25) is 0 Å². The summed E-state index contributed by atoms with van der Waals surface area (Å²) in [7, 11) is 0. The van der Waals surface area contributed by atoms with Crippen LogP contribution >= 0.6 is 24.0 Å². The number of ether oxygens (including phenoxy) is 1. The van der Waals surface area contributed by atoms with E-state index in [0.29, 0.717) is 5.92 Å². The maximum absolute atomic E-state index is 5.36. The van der Waals surface area contributed by atoms with Crippen molar-refractivity contribution in [1.29, 1.82) is 0 Å². The van der Waals surface area contributed by atoms with Gasteiger partial charge in [-0.15, -0.1) is 24.0 Å². The lowest BCUT2D eigenvalue weighted by Gasteiger charge is -2.39. The van der Waals surface area contributed by atoms with Crippen molar-refractivity contribution < 1.29 is 4.74 Å². The Morgan fingerprint density at radius 3 is 2.29 bits per heavy atom. The molecule has 0 saturated carbocycles. The summed E-state index contributed by atoms with van der Waals surface area (Å²) in [6.07, 6.45) is 0. The summed E-state index contributed by atoms with van der Waals surface area (Å²) in [5.74, 6) is 1.66. The molecule has 2 aliphatic rings. The van der Waals surface area contributed by atoms with E-state index in [4.69, 9.17) is 9.73 Å². The zero-order valence-corrected chi connectivity index (χ0v) is 20.2. The molecular weight excluding hydrogens is 463 g/mol. The lowest BCUT2D eigenvalue weighted by atomic mass is 9.89. The summed E-state index contributed by atoms with van der Waals surface area (Å²) in [6.45, 7) is 17.6. The van der Waals surface area contributed by atoms with Crippen molar-refractivity contribution in [3.05, 3.63) is 35.4 Å². The van der Waals surface area contributed by atoms with Gasteiger partial charge in [-0.05, 0) is 24.0 Å². The van der Waals surface area contributed by atoms with Gasteiger partial charge in [-0.25, -0.2) is 0 Å². The van der Waals surface area contributed by atoms with Gasteiger partial charge in [0.15, 0.2) is 5.96 Å². The van der Waals surface area contributed by atoms with Crippen LogP contribution in [-0.4, -0.2) is 68.2 Å². The number of piperazine rings is 1. The fourth-order valence-electron chi connectivity index (χ4n) is 3.62. The van der Waals surface area contributed by atoms with Crippen molar-refractivity contribution in [2.75, 3.05) is 52.5 Å². The number of aliphatic imine (C=N–C) groups is 1. The average molecular weight is 500 g/mol. The highest BCUT2D eigenvalue weighted by molar-refractivity contribution is 14.0. The molecule has 28 heavy (non-hydrogen) atoms. The van der Waals surface area contributed by atoms with E-state index >= 15 is 0 Å². The monoisotopic (exact) mass is 500 g/mol. The van der Waals surface area contributed by atoms with Crippen LogP contribution in [0.5, 0.6) is 0 Å². The minimum Gasteiger partial charge on any atom is -0.380 e. The number of guanidine groups is 1. The van der Waals surface area contributed by atoms with Crippen LogP contribution in [0, 0.1) is 5.41 Å². The van der Waals surface area contributed by atoms with E-state index in [9.17, 15) is 0 Å². The minimum absolute atomic E-state index is 0. The van der Waals surface area contributed by atoms with Gasteiger partial charge >= 0.3 is 0 Å². The number of rotatable bonds is 6. The van der Waals surface area contributed by atoms with Gasteiger partial charge in [-0.1, -0.05) is 45.0 Å². The van der Waals surface area contributed by atoms with E-state index in [1.807, 2.05) is 0 Å². The van der Waals surface area contributed by atoms with Crippen LogP contribution in [0.15, 0.2) is 29.3 Å². The summed E-state index contributed by atoms with van der Waals surface area (Å²) in [6, 6.07) is 9.12. The minimum atomic E-state index is 0. The highest BCUT2D eigenvalue weighted by Gasteiger charge is 2.33. The van der Waals surface area contributed by atoms with Crippen LogP contribution in [0.1, 0.15) is 44.7 Å². The molecular formula is C22H37IN4O. The number of halogens is 1. The quantitative estimate of drug-likeness (QED) is 0.369. The topological polar surface area (TPSA) is 40.1 Å². The SMILES string of the molecule is CCNC(=NCC1(C)COC1)N1CCN(Cc2ccc(C(C)C)cc2)CC1.I. The standard InChI is InChI=1S/C22H36N4O.HI/c1-5-23-21(24-15-22(4)16-27-17-22)26-12-10-25(11-13-26)14-19-6-8-20(9-7-19)18(2)3;/h6-9,18H,5,10-17H2,1-4H3,(H,23,24);1H. The second-order valence-corrected chi connectivity index (χ2v) is 8.63. The fourth-order valence-corrected chi connectivity index (χ4v) is 3.62. The van der Waals surface area contributed by atoms with Gasteiger partial charge < -0.3 is 15.0 Å². The Labute approximate surface area is 187 Å². The molecule has 2 fully saturated rings. The third-order valence-electron chi connectivity index (χ3n) is 5.57. The van der Waals surface area contributed by atoms with Crippen LogP contribution in [0.25, 0.3) is 0 Å². The molecule has 3 rings (SSSR count). The summed E-state index contributed by atoms with van der Waals surface area (Å²) < 4.78 is 5.36. The third kappa shape index (κ3) is 6.32. The van der Waals surface area contributed by atoms with Crippen LogP contribution in [0.3, 0.4) is 0 Å². The first kappa shape index (κ1) is 23.4. The van der Waals surface area contributed by atoms with Crippen molar-refractivity contribution in [2.24, 2.45) is 10.4 Å². The van der Waals surface area contributed by atoms with Crippen molar-refractivity contribution in [1.82, 2.24) is 15.1 Å². The van der Waals surface area contributed by atoms with Crippen molar-refractivity contribution in [2.45, 2.75) is 40.2 Å². The molecule has 158 valence electrons. The Morgan fingerprint density at radius 1 is 1.14 bits per heavy atom. The van der Waals surface area contributed by atoms with Crippen LogP contribution in [-0.2, 0) is 11.3 Å². The first-order chi connectivity index (χ1) is 13.0. The number of nitrogens with one attached hydrogen (secondary N) is 1. The van der Waals surface area contributed by atoms with Gasteiger partial charge in [0.05, 0.1) is 19.8 Å². The highest BCUT2D eigenvalue weighted by Crippen LogP contribution is 2.26. The Balaban J connectivity index is 0.00000280. The van der Waals surface area contributed by atoms with Gasteiger partial charge in [0.1, 0.15) is 0 Å². The molecule has 0 aliphatic carbocycles. The normalized spacial score (nSPS) is 19.9. The maximum Gasteiger partial charge on any atom is 0.194 e. The molecule has 0 unspecified atom stereocenters. The molecule has 1 aromatic rings. The average Bonchev–Trinajstić information content (AvgIpc) is 2.65. The van der Waals surface area contributed by atoms with Gasteiger partial charge in [-0.3, -0.25) is 9.89 Å². The molecule has 2 saturated heterocycles. The van der Waals surface area contributed by atoms with Crippen LogP contribution in [0.4, 0.5) is 0 Å². The summed E-state index contributed by atoms with van der Waals surface area (Å²) in [5.41, 5.74) is 3.05. The fraction of sp³-hybridized carbons (Fsp3) is 0.682. The van der Waals surface area contributed by atoms with Gasteiger partial charge in [0, 0.05) is 44.7 Å². The molecule has 0 bridgehead atoms. The van der Waals surface area contributed by atoms with Gasteiger partial charge in [0.25, 0.3) is 0 Å². The van der Waals surface area contributed by atoms with Crippen molar-refractivity contribution >= 4 is 29.9 Å². The molecule has 0 spiro atoms. The Kier molecular flexibility index (Phi) is 9.02. The molecule has 6 heteroatoms. The van der Waals surface area contributed by atoms with Gasteiger partial charge in [0.2, 0.25) is 0 Å². The lowest BCUT2D eigenvalue weighted by molar-refractivity contribution is -0.0946. The lowest BCUT2D eigenvalue weighted by Crippen LogP contribution is -2.52. The van der Waals surface area contributed by atoms with E-state index < -0.39 is 0 Å². The Morgan fingerprint density at radius 2 is 1.79 bits per heavy atom. The molecule has 1 N–H and O–H groups in total. The molecule has 0 atom stereocenters. The predicted molar refractivity (Wildman–Crippen MR) is 128 cm³/mol. The molecule has 0 aromatic heterocycles. The van der Waals surface area contributed by atoms with E-state index in [-0.39, 0.29) is 29.4 Å².